The molecule has 0 aliphatic carbocycles. The van der Waals surface area contributed by atoms with Gasteiger partial charge in [0.2, 0.25) is 0 Å². The Morgan fingerprint density at radius 2 is 2.25 bits per heavy atom. The molecule has 1 aliphatic heterocycles. The zero-order chi connectivity index (χ0) is 14.4. The van der Waals surface area contributed by atoms with Crippen molar-refractivity contribution in [3.8, 4) is 5.75 Å². The second-order valence-corrected chi connectivity index (χ2v) is 6.24. The fourth-order valence-corrected chi connectivity index (χ4v) is 2.76. The summed E-state index contributed by atoms with van der Waals surface area (Å²) in [7, 11) is 0. The maximum absolute atomic E-state index is 5.87. The Bertz CT molecular complexity index is 425. The molecule has 1 N–H and O–H groups in total. The number of benzene rings is 1. The van der Waals surface area contributed by atoms with E-state index in [9.17, 15) is 0 Å². The van der Waals surface area contributed by atoms with Crippen molar-refractivity contribution >= 4 is 15.9 Å². The highest BCUT2D eigenvalue weighted by Gasteiger charge is 2.22. The molecule has 0 amide bonds. The molecule has 2 rings (SSSR count). The summed E-state index contributed by atoms with van der Waals surface area (Å²) in [4.78, 5) is 0. The summed E-state index contributed by atoms with van der Waals surface area (Å²) < 4.78 is 12.8. The molecule has 1 heterocycles. The average Bonchev–Trinajstić information content (AvgIpc) is 2.85. The Hall–Kier alpha value is -0.580. The molecule has 1 aromatic carbocycles. The summed E-state index contributed by atoms with van der Waals surface area (Å²) in [6.45, 7) is 6.84. The minimum Gasteiger partial charge on any atom is -0.491 e. The second kappa shape index (κ2) is 8.01. The average molecular weight is 342 g/mol. The lowest BCUT2D eigenvalue weighted by molar-refractivity contribution is 0.0264. The number of ether oxygens (including phenoxy) is 2. The highest BCUT2D eigenvalue weighted by atomic mass is 79.9. The van der Waals surface area contributed by atoms with Crippen molar-refractivity contribution in [3.05, 3.63) is 28.2 Å². The quantitative estimate of drug-likeness (QED) is 0.763. The van der Waals surface area contributed by atoms with Crippen molar-refractivity contribution in [1.29, 1.82) is 0 Å². The van der Waals surface area contributed by atoms with E-state index in [2.05, 4.69) is 47.2 Å². The molecule has 0 saturated carbocycles. The minimum atomic E-state index is 0.246. The Morgan fingerprint density at radius 3 is 2.95 bits per heavy atom. The van der Waals surface area contributed by atoms with Gasteiger partial charge in [0, 0.05) is 11.0 Å². The van der Waals surface area contributed by atoms with Gasteiger partial charge in [-0.25, -0.2) is 0 Å². The van der Waals surface area contributed by atoms with Crippen LogP contribution in [0, 0.1) is 0 Å². The highest BCUT2D eigenvalue weighted by Crippen LogP contribution is 2.24. The highest BCUT2D eigenvalue weighted by molar-refractivity contribution is 9.10. The third kappa shape index (κ3) is 4.76. The van der Waals surface area contributed by atoms with Crippen molar-refractivity contribution in [3.63, 3.8) is 0 Å². The van der Waals surface area contributed by atoms with Crippen LogP contribution in [0.4, 0.5) is 0 Å². The molecule has 1 fully saturated rings. The molecular weight excluding hydrogens is 318 g/mol. The molecule has 1 saturated heterocycles. The van der Waals surface area contributed by atoms with Gasteiger partial charge in [0.05, 0.1) is 12.2 Å². The standard InChI is InChI=1S/C16H24BrNO2/c1-3-8-18-10-13-9-14(6-7-16(13)17)19-11-15-5-4-12(2)20-15/h6-7,9,12,15,18H,3-5,8,10-11H2,1-2H3. The molecule has 1 aromatic rings. The van der Waals surface area contributed by atoms with Gasteiger partial charge in [0.1, 0.15) is 12.4 Å². The maximum atomic E-state index is 5.87. The summed E-state index contributed by atoms with van der Waals surface area (Å²) in [6, 6.07) is 6.16. The Morgan fingerprint density at radius 1 is 1.40 bits per heavy atom. The summed E-state index contributed by atoms with van der Waals surface area (Å²) in [5.41, 5.74) is 1.23. The topological polar surface area (TPSA) is 30.5 Å². The van der Waals surface area contributed by atoms with E-state index in [1.807, 2.05) is 6.07 Å². The largest absolute Gasteiger partial charge is 0.491 e. The van der Waals surface area contributed by atoms with Crippen LogP contribution in [-0.4, -0.2) is 25.4 Å². The lowest BCUT2D eigenvalue weighted by atomic mass is 10.2. The molecule has 0 spiro atoms. The van der Waals surface area contributed by atoms with Crippen molar-refractivity contribution in [2.24, 2.45) is 0 Å². The van der Waals surface area contributed by atoms with E-state index in [-0.39, 0.29) is 6.10 Å². The molecule has 4 heteroatoms. The Kier molecular flexibility index (Phi) is 6.33. The zero-order valence-electron chi connectivity index (χ0n) is 12.3. The third-order valence-electron chi connectivity index (χ3n) is 3.52. The predicted octanol–water partition coefficient (Wildman–Crippen LogP) is 3.90. The molecule has 2 atom stereocenters. The van der Waals surface area contributed by atoms with E-state index in [0.29, 0.717) is 12.7 Å². The molecule has 3 nitrogen and oxygen atoms in total. The summed E-state index contributed by atoms with van der Waals surface area (Å²) in [5.74, 6) is 0.921. The van der Waals surface area contributed by atoms with Crippen LogP contribution < -0.4 is 10.1 Å². The molecule has 20 heavy (non-hydrogen) atoms. The first-order valence-corrected chi connectivity index (χ1v) is 8.25. The van der Waals surface area contributed by atoms with E-state index >= 15 is 0 Å². The molecule has 112 valence electrons. The minimum absolute atomic E-state index is 0.246. The van der Waals surface area contributed by atoms with Gasteiger partial charge < -0.3 is 14.8 Å². The molecule has 0 bridgehead atoms. The van der Waals surface area contributed by atoms with Gasteiger partial charge in [-0.05, 0) is 56.5 Å². The molecule has 0 aromatic heterocycles. The van der Waals surface area contributed by atoms with Gasteiger partial charge in [0.15, 0.2) is 0 Å². The van der Waals surface area contributed by atoms with Crippen LogP contribution in [0.15, 0.2) is 22.7 Å². The van der Waals surface area contributed by atoms with Crippen molar-refractivity contribution in [1.82, 2.24) is 5.32 Å². The van der Waals surface area contributed by atoms with Gasteiger partial charge in [0.25, 0.3) is 0 Å². The first kappa shape index (κ1) is 15.8. The number of hydrogen-bond acceptors (Lipinski definition) is 3. The Balaban J connectivity index is 1.86. The van der Waals surface area contributed by atoms with Crippen molar-refractivity contribution in [2.45, 2.75) is 51.9 Å². The first-order valence-electron chi connectivity index (χ1n) is 7.46. The van der Waals surface area contributed by atoms with E-state index in [0.717, 1.165) is 42.6 Å². The Labute approximate surface area is 130 Å². The second-order valence-electron chi connectivity index (χ2n) is 5.39. The van der Waals surface area contributed by atoms with Gasteiger partial charge in [-0.1, -0.05) is 22.9 Å². The monoisotopic (exact) mass is 341 g/mol. The molecular formula is C16H24BrNO2. The van der Waals surface area contributed by atoms with Crippen LogP contribution in [-0.2, 0) is 11.3 Å². The number of halogens is 1. The normalized spacial score (nSPS) is 22.1. The molecule has 2 unspecified atom stereocenters. The third-order valence-corrected chi connectivity index (χ3v) is 4.29. The molecule has 1 aliphatic rings. The fourth-order valence-electron chi connectivity index (χ4n) is 2.37. The van der Waals surface area contributed by atoms with Crippen LogP contribution in [0.5, 0.6) is 5.75 Å². The maximum Gasteiger partial charge on any atom is 0.119 e. The van der Waals surface area contributed by atoms with Gasteiger partial charge in [-0.2, -0.15) is 0 Å². The smallest absolute Gasteiger partial charge is 0.119 e. The van der Waals surface area contributed by atoms with Crippen molar-refractivity contribution in [2.75, 3.05) is 13.2 Å². The summed E-state index contributed by atoms with van der Waals surface area (Å²) >= 11 is 3.59. The zero-order valence-corrected chi connectivity index (χ0v) is 13.9. The summed E-state index contributed by atoms with van der Waals surface area (Å²) in [5, 5.41) is 3.41. The first-order chi connectivity index (χ1) is 9.69. The van der Waals surface area contributed by atoms with Gasteiger partial charge >= 0.3 is 0 Å². The number of hydrogen-bond donors (Lipinski definition) is 1. The number of nitrogens with one attached hydrogen (secondary N) is 1. The van der Waals surface area contributed by atoms with E-state index in [1.54, 1.807) is 0 Å². The van der Waals surface area contributed by atoms with E-state index in [1.165, 1.54) is 5.56 Å². The van der Waals surface area contributed by atoms with E-state index in [4.69, 9.17) is 9.47 Å². The van der Waals surface area contributed by atoms with E-state index < -0.39 is 0 Å². The van der Waals surface area contributed by atoms with Crippen LogP contribution in [0.1, 0.15) is 38.7 Å². The molecule has 0 radical (unpaired) electrons. The van der Waals surface area contributed by atoms with Gasteiger partial charge in [-0.15, -0.1) is 0 Å². The lowest BCUT2D eigenvalue weighted by Gasteiger charge is -2.14. The van der Waals surface area contributed by atoms with Crippen LogP contribution in [0.2, 0.25) is 0 Å². The number of rotatable bonds is 7. The summed E-state index contributed by atoms with van der Waals surface area (Å²) in [6.07, 6.45) is 4.01. The van der Waals surface area contributed by atoms with Crippen LogP contribution in [0.3, 0.4) is 0 Å². The fraction of sp³-hybridized carbons (Fsp3) is 0.625. The van der Waals surface area contributed by atoms with Crippen LogP contribution >= 0.6 is 15.9 Å². The SMILES string of the molecule is CCCNCc1cc(OCC2CCC(C)O2)ccc1Br. The predicted molar refractivity (Wildman–Crippen MR) is 85.2 cm³/mol. The van der Waals surface area contributed by atoms with Gasteiger partial charge in [-0.3, -0.25) is 0 Å². The van der Waals surface area contributed by atoms with Crippen molar-refractivity contribution < 1.29 is 9.47 Å². The van der Waals surface area contributed by atoms with Crippen LogP contribution in [0.25, 0.3) is 0 Å². The lowest BCUT2D eigenvalue weighted by Crippen LogP contribution is -2.18.